The van der Waals surface area contributed by atoms with E-state index in [2.05, 4.69) is 45.6 Å². The Balaban J connectivity index is 0.975. The lowest BCUT2D eigenvalue weighted by atomic mass is 9.50. The van der Waals surface area contributed by atoms with Crippen molar-refractivity contribution in [3.05, 3.63) is 29.4 Å². The van der Waals surface area contributed by atoms with E-state index in [1.54, 1.807) is 6.08 Å². The number of alkyl halides is 1. The third-order valence-electron chi connectivity index (χ3n) is 13.9. The van der Waals surface area contributed by atoms with Gasteiger partial charge in [-0.15, -0.1) is 0 Å². The van der Waals surface area contributed by atoms with E-state index < -0.39 is 22.6 Å². The number of Topliss-reactive ketones (excluding diaryl/α,β-unsaturated/α-hetero) is 1. The van der Waals surface area contributed by atoms with Crippen LogP contribution in [0.3, 0.4) is 0 Å². The van der Waals surface area contributed by atoms with Crippen molar-refractivity contribution >= 4 is 29.2 Å². The number of carbonyl (C=O) groups is 2. The predicted molar refractivity (Wildman–Crippen MR) is 185 cm³/mol. The highest BCUT2D eigenvalue weighted by Gasteiger charge is 2.68. The molecule has 260 valence electrons. The molecule has 0 spiro atoms. The summed E-state index contributed by atoms with van der Waals surface area (Å²) < 4.78 is 15.8. The van der Waals surface area contributed by atoms with Crippen LogP contribution >= 0.6 is 0 Å². The Hall–Kier alpha value is -2.85. The molecule has 1 aromatic heterocycles. The van der Waals surface area contributed by atoms with Gasteiger partial charge >= 0.3 is 0 Å². The first kappa shape index (κ1) is 32.4. The van der Waals surface area contributed by atoms with E-state index in [-0.39, 0.29) is 35.9 Å². The first-order valence-corrected chi connectivity index (χ1v) is 18.7. The normalized spacial score (nSPS) is 38.4. The van der Waals surface area contributed by atoms with Crippen LogP contribution in [0.1, 0.15) is 78.6 Å². The summed E-state index contributed by atoms with van der Waals surface area (Å²) in [5, 5.41) is 12.5. The second-order valence-corrected chi connectivity index (χ2v) is 16.5. The number of carbonyl (C=O) groups excluding carboxylic acids is 2. The molecule has 7 aliphatic rings. The molecule has 4 heterocycles. The molecular formula is C38H53FN6O3. The van der Waals surface area contributed by atoms with Crippen molar-refractivity contribution in [3.8, 4) is 0 Å². The highest BCUT2D eigenvalue weighted by molar-refractivity contribution is 5.92. The molecular weight excluding hydrogens is 607 g/mol. The van der Waals surface area contributed by atoms with Crippen LogP contribution in [0.15, 0.2) is 29.4 Å². The molecule has 1 N–H and O–H groups in total. The van der Waals surface area contributed by atoms with Crippen molar-refractivity contribution in [3.63, 3.8) is 0 Å². The standard InChI is InChI=1S/C38H53FN6O3/c1-25-20-29-27-22-31(39)30-21-26(46)8-10-36(30,2)28(27)9-11-37(29,3)38(25,48)32(47)24-42-16-18-44(19-17-42)34-23-33(43-12-4-5-13-43)40-35(41-34)45-14-6-7-15-45/h9,21,23,25,27,29,31,48H,4-8,10-20,22,24H2,1-3H3/t25-,27+,29-,31-,36+,37-,38-/m0/s1. The van der Waals surface area contributed by atoms with Crippen molar-refractivity contribution in [2.24, 2.45) is 28.6 Å². The predicted octanol–water partition coefficient (Wildman–Crippen LogP) is 4.75. The van der Waals surface area contributed by atoms with E-state index in [9.17, 15) is 14.7 Å². The summed E-state index contributed by atoms with van der Waals surface area (Å²) >= 11 is 0. The summed E-state index contributed by atoms with van der Waals surface area (Å²) in [5.41, 5.74) is -0.685. The summed E-state index contributed by atoms with van der Waals surface area (Å²) in [6, 6.07) is 2.15. The highest BCUT2D eigenvalue weighted by atomic mass is 19.1. The van der Waals surface area contributed by atoms with Crippen LogP contribution in [-0.2, 0) is 9.59 Å². The van der Waals surface area contributed by atoms with Crippen LogP contribution in [0.4, 0.5) is 22.0 Å². The van der Waals surface area contributed by atoms with Gasteiger partial charge in [-0.3, -0.25) is 14.5 Å². The van der Waals surface area contributed by atoms with Crippen LogP contribution in [-0.4, -0.2) is 102 Å². The zero-order valence-corrected chi connectivity index (χ0v) is 29.1. The maximum Gasteiger partial charge on any atom is 0.229 e. The highest BCUT2D eigenvalue weighted by Crippen LogP contribution is 2.67. The SMILES string of the molecule is C[C@H]1C[C@H]2[C@@H]3C[C@H](F)C4=CC(=O)CC[C@]4(C)C3=CC[C@]2(C)[C@@]1(O)C(=O)CN1CCN(c2cc(N3CCCC3)nc(N3CCCC3)n2)CC1. The summed E-state index contributed by atoms with van der Waals surface area (Å²) in [6.45, 7) is 13.5. The summed E-state index contributed by atoms with van der Waals surface area (Å²) in [4.78, 5) is 45.8. The number of rotatable bonds is 6. The van der Waals surface area contributed by atoms with E-state index in [1.165, 1.54) is 31.3 Å². The Bertz CT molecular complexity index is 1490. The van der Waals surface area contributed by atoms with Gasteiger partial charge in [0.25, 0.3) is 0 Å². The molecule has 1 aromatic rings. The summed E-state index contributed by atoms with van der Waals surface area (Å²) in [5.74, 6) is 2.56. The molecule has 3 saturated heterocycles. The first-order chi connectivity index (χ1) is 23.0. The molecule has 5 fully saturated rings. The number of hydrogen-bond donors (Lipinski definition) is 1. The minimum absolute atomic E-state index is 0.0225. The topological polar surface area (TPSA) is 93.1 Å². The van der Waals surface area contributed by atoms with Crippen molar-refractivity contribution in [1.29, 1.82) is 0 Å². The number of ketones is 2. The molecule has 0 amide bonds. The summed E-state index contributed by atoms with van der Waals surface area (Å²) in [7, 11) is 0. The lowest BCUT2D eigenvalue weighted by Crippen LogP contribution is -2.60. The second-order valence-electron chi connectivity index (χ2n) is 16.5. The molecule has 7 atom stereocenters. The third kappa shape index (κ3) is 4.97. The molecule has 4 aliphatic carbocycles. The minimum Gasteiger partial charge on any atom is -0.381 e. The molecule has 10 heteroatoms. The van der Waals surface area contributed by atoms with Crippen LogP contribution in [0.2, 0.25) is 0 Å². The Kier molecular flexibility index (Phi) is 8.02. The van der Waals surface area contributed by atoms with E-state index >= 15 is 4.39 Å². The van der Waals surface area contributed by atoms with E-state index in [0.717, 1.165) is 69.9 Å². The maximum atomic E-state index is 15.8. The smallest absolute Gasteiger partial charge is 0.229 e. The maximum absolute atomic E-state index is 15.8. The average Bonchev–Trinajstić information content (AvgIpc) is 3.85. The number of nitrogens with zero attached hydrogens (tertiary/aromatic N) is 6. The Morgan fingerprint density at radius 2 is 1.54 bits per heavy atom. The van der Waals surface area contributed by atoms with Crippen LogP contribution in [0.5, 0.6) is 0 Å². The third-order valence-corrected chi connectivity index (χ3v) is 13.9. The van der Waals surface area contributed by atoms with Gasteiger partial charge in [-0.25, -0.2) is 4.39 Å². The van der Waals surface area contributed by atoms with Crippen molar-refractivity contribution < 1.29 is 19.1 Å². The Labute approximate surface area is 284 Å². The zero-order chi connectivity index (χ0) is 33.4. The van der Waals surface area contributed by atoms with Crippen LogP contribution in [0, 0.1) is 28.6 Å². The van der Waals surface area contributed by atoms with Gasteiger partial charge in [-0.1, -0.05) is 32.4 Å². The fraction of sp³-hybridized carbons (Fsp3) is 0.737. The Morgan fingerprint density at radius 3 is 2.21 bits per heavy atom. The van der Waals surface area contributed by atoms with Crippen LogP contribution in [0.25, 0.3) is 0 Å². The van der Waals surface area contributed by atoms with Crippen molar-refractivity contribution in [2.75, 3.05) is 73.6 Å². The second kappa shape index (κ2) is 11.9. The molecule has 9 nitrogen and oxygen atoms in total. The van der Waals surface area contributed by atoms with Gasteiger partial charge in [0.1, 0.15) is 23.4 Å². The lowest BCUT2D eigenvalue weighted by molar-refractivity contribution is -0.160. The number of anilines is 3. The van der Waals surface area contributed by atoms with E-state index in [4.69, 9.17) is 9.97 Å². The minimum atomic E-state index is -1.47. The Morgan fingerprint density at radius 1 is 0.917 bits per heavy atom. The van der Waals surface area contributed by atoms with Crippen LogP contribution < -0.4 is 14.7 Å². The van der Waals surface area contributed by atoms with Gasteiger partial charge in [0, 0.05) is 75.7 Å². The fourth-order valence-corrected chi connectivity index (χ4v) is 11.0. The number of fused-ring (bicyclic) bond motifs is 5. The molecule has 48 heavy (non-hydrogen) atoms. The number of piperazine rings is 1. The van der Waals surface area contributed by atoms with Gasteiger partial charge in [-0.2, -0.15) is 9.97 Å². The van der Waals surface area contributed by atoms with Gasteiger partial charge < -0.3 is 19.8 Å². The van der Waals surface area contributed by atoms with Crippen molar-refractivity contribution in [1.82, 2.24) is 14.9 Å². The average molecular weight is 661 g/mol. The fourth-order valence-electron chi connectivity index (χ4n) is 11.0. The van der Waals surface area contributed by atoms with Gasteiger partial charge in [-0.05, 0) is 80.8 Å². The zero-order valence-electron chi connectivity index (χ0n) is 29.1. The number of halogens is 1. The number of aliphatic hydroxyl groups is 1. The van der Waals surface area contributed by atoms with Crippen molar-refractivity contribution in [2.45, 2.75) is 90.3 Å². The van der Waals surface area contributed by atoms with E-state index in [0.29, 0.717) is 37.7 Å². The first-order valence-electron chi connectivity index (χ1n) is 18.7. The molecule has 0 bridgehead atoms. The largest absolute Gasteiger partial charge is 0.381 e. The molecule has 8 rings (SSSR count). The molecule has 2 saturated carbocycles. The monoisotopic (exact) mass is 660 g/mol. The molecule has 3 aliphatic heterocycles. The molecule has 0 radical (unpaired) electrons. The lowest BCUT2D eigenvalue weighted by Gasteiger charge is -2.55. The summed E-state index contributed by atoms with van der Waals surface area (Å²) in [6.07, 6.45) is 10.1. The van der Waals surface area contributed by atoms with Gasteiger partial charge in [0.05, 0.1) is 6.54 Å². The van der Waals surface area contributed by atoms with E-state index in [1.807, 2.05) is 6.92 Å². The molecule has 0 aromatic carbocycles. The number of hydrogen-bond acceptors (Lipinski definition) is 9. The molecule has 0 unspecified atom stereocenters. The number of aromatic nitrogens is 2. The quantitative estimate of drug-likeness (QED) is 0.435. The van der Waals surface area contributed by atoms with Gasteiger partial charge in [0.15, 0.2) is 11.6 Å². The number of allylic oxidation sites excluding steroid dienone is 4. The van der Waals surface area contributed by atoms with Gasteiger partial charge in [0.2, 0.25) is 5.95 Å².